The van der Waals surface area contributed by atoms with Gasteiger partial charge in [-0.25, -0.2) is 0 Å². The molecule has 3 rings (SSSR count). The third kappa shape index (κ3) is 4.13. The smallest absolute Gasteiger partial charge is 0.290 e. The van der Waals surface area contributed by atoms with E-state index in [1.165, 1.54) is 12.8 Å². The maximum Gasteiger partial charge on any atom is 0.290 e. The van der Waals surface area contributed by atoms with E-state index in [-0.39, 0.29) is 23.8 Å². The highest BCUT2D eigenvalue weighted by Gasteiger charge is 2.20. The lowest BCUT2D eigenvalue weighted by molar-refractivity contribution is 0.0902. The van der Waals surface area contributed by atoms with E-state index >= 15 is 0 Å². The molecule has 1 atom stereocenters. The summed E-state index contributed by atoms with van der Waals surface area (Å²) in [6.07, 6.45) is 4.89. The summed E-state index contributed by atoms with van der Waals surface area (Å²) in [5.41, 5.74) is 1.60. The van der Waals surface area contributed by atoms with Gasteiger partial charge in [-0.2, -0.15) is 0 Å². The van der Waals surface area contributed by atoms with Crippen LogP contribution in [-0.4, -0.2) is 24.3 Å². The Balaban J connectivity index is 1.69. The number of amides is 1. The van der Waals surface area contributed by atoms with E-state index in [0.29, 0.717) is 11.4 Å². The number of carbonyl (C=O) groups is 1. The molecular formula is C19H24N2O4. The number of ether oxygens (including phenoxy) is 2. The minimum atomic E-state index is -0.293. The summed E-state index contributed by atoms with van der Waals surface area (Å²) in [4.78, 5) is 12.2. The van der Waals surface area contributed by atoms with Gasteiger partial charge in [-0.15, -0.1) is 0 Å². The number of hydrogen-bond donors (Lipinski definition) is 1. The van der Waals surface area contributed by atoms with Crippen molar-refractivity contribution in [3.63, 3.8) is 0 Å². The molecule has 1 saturated carbocycles. The van der Waals surface area contributed by atoms with E-state index in [1.807, 2.05) is 25.1 Å². The number of nitrogens with zero attached hydrogens (tertiary/aromatic N) is 1. The molecule has 134 valence electrons. The molecule has 0 bridgehead atoms. The highest BCUT2D eigenvalue weighted by atomic mass is 16.5. The van der Waals surface area contributed by atoms with Gasteiger partial charge >= 0.3 is 0 Å². The van der Waals surface area contributed by atoms with Crippen molar-refractivity contribution in [1.82, 2.24) is 10.5 Å². The lowest BCUT2D eigenvalue weighted by Crippen LogP contribution is -2.26. The topological polar surface area (TPSA) is 73.6 Å². The molecule has 1 aliphatic carbocycles. The maximum absolute atomic E-state index is 12.2. The number of aromatic nitrogens is 1. The van der Waals surface area contributed by atoms with Crippen LogP contribution in [0, 0.1) is 6.92 Å². The summed E-state index contributed by atoms with van der Waals surface area (Å²) in [6.45, 7) is 3.69. The molecule has 1 heterocycles. The number of hydrogen-bond acceptors (Lipinski definition) is 5. The Kier molecular flexibility index (Phi) is 5.26. The molecule has 0 radical (unpaired) electrons. The molecule has 25 heavy (non-hydrogen) atoms. The molecule has 2 aromatic rings. The molecule has 6 heteroatoms. The predicted molar refractivity (Wildman–Crippen MR) is 93.0 cm³/mol. The zero-order valence-corrected chi connectivity index (χ0v) is 14.9. The van der Waals surface area contributed by atoms with Crippen LogP contribution in [0.3, 0.4) is 0 Å². The van der Waals surface area contributed by atoms with Crippen LogP contribution < -0.4 is 14.8 Å². The first kappa shape index (κ1) is 17.3. The summed E-state index contributed by atoms with van der Waals surface area (Å²) in [7, 11) is 1.63. The number of rotatable bonds is 6. The van der Waals surface area contributed by atoms with Crippen LogP contribution in [0.5, 0.6) is 11.5 Å². The zero-order chi connectivity index (χ0) is 17.8. The molecule has 6 nitrogen and oxygen atoms in total. The van der Waals surface area contributed by atoms with Crippen molar-refractivity contribution in [3.05, 3.63) is 41.3 Å². The summed E-state index contributed by atoms with van der Waals surface area (Å²) in [5, 5.41) is 6.63. The van der Waals surface area contributed by atoms with E-state index in [0.717, 1.165) is 24.2 Å². The Hall–Kier alpha value is -2.50. The van der Waals surface area contributed by atoms with Gasteiger partial charge in [-0.1, -0.05) is 11.2 Å². The van der Waals surface area contributed by atoms with Crippen molar-refractivity contribution in [2.75, 3.05) is 7.11 Å². The first-order valence-electron chi connectivity index (χ1n) is 8.65. The fraction of sp³-hybridized carbons (Fsp3) is 0.474. The van der Waals surface area contributed by atoms with Crippen LogP contribution >= 0.6 is 0 Å². The second kappa shape index (κ2) is 7.59. The minimum absolute atomic E-state index is 0.202. The first-order valence-corrected chi connectivity index (χ1v) is 8.65. The second-order valence-electron chi connectivity index (χ2n) is 6.46. The number of carbonyl (C=O) groups excluding carboxylic acids is 1. The van der Waals surface area contributed by atoms with Gasteiger partial charge in [0, 0.05) is 6.07 Å². The van der Waals surface area contributed by atoms with Crippen molar-refractivity contribution in [3.8, 4) is 11.5 Å². The highest BCUT2D eigenvalue weighted by Crippen LogP contribution is 2.33. The molecule has 1 unspecified atom stereocenters. The maximum atomic E-state index is 12.2. The molecule has 0 spiro atoms. The molecule has 1 aliphatic rings. The zero-order valence-electron chi connectivity index (χ0n) is 14.9. The molecule has 1 aromatic heterocycles. The van der Waals surface area contributed by atoms with E-state index in [9.17, 15) is 4.79 Å². The number of nitrogens with one attached hydrogen (secondary N) is 1. The van der Waals surface area contributed by atoms with Crippen molar-refractivity contribution in [1.29, 1.82) is 0 Å². The molecule has 1 aromatic carbocycles. The second-order valence-corrected chi connectivity index (χ2v) is 6.46. The Bertz CT molecular complexity index is 735. The quantitative estimate of drug-likeness (QED) is 0.863. The monoisotopic (exact) mass is 344 g/mol. The standard InChI is InChI=1S/C19H24N2O4/c1-12-10-18(25-21-12)19(22)20-13(2)14-8-9-16(17(11-14)23-3)24-15-6-4-5-7-15/h8-11,13,15H,4-7H2,1-3H3,(H,20,22). The summed E-state index contributed by atoms with van der Waals surface area (Å²) in [5.74, 6) is 1.35. The number of benzene rings is 1. The fourth-order valence-corrected chi connectivity index (χ4v) is 3.06. The van der Waals surface area contributed by atoms with Gasteiger partial charge < -0.3 is 19.3 Å². The third-order valence-corrected chi connectivity index (χ3v) is 4.48. The van der Waals surface area contributed by atoms with Crippen LogP contribution in [0.1, 0.15) is 60.5 Å². The third-order valence-electron chi connectivity index (χ3n) is 4.48. The van der Waals surface area contributed by atoms with E-state index in [2.05, 4.69) is 10.5 Å². The normalized spacial score (nSPS) is 15.8. The average Bonchev–Trinajstić information content (AvgIpc) is 3.26. The van der Waals surface area contributed by atoms with E-state index in [4.69, 9.17) is 14.0 Å². The van der Waals surface area contributed by atoms with Crippen molar-refractivity contribution in [2.45, 2.75) is 51.7 Å². The van der Waals surface area contributed by atoms with Crippen molar-refractivity contribution < 1.29 is 18.8 Å². The van der Waals surface area contributed by atoms with Crippen LogP contribution in [0.2, 0.25) is 0 Å². The fourth-order valence-electron chi connectivity index (χ4n) is 3.06. The Morgan fingerprint density at radius 3 is 2.68 bits per heavy atom. The van der Waals surface area contributed by atoms with Gasteiger partial charge in [-0.3, -0.25) is 4.79 Å². The predicted octanol–water partition coefficient (Wildman–Crippen LogP) is 3.80. The highest BCUT2D eigenvalue weighted by molar-refractivity contribution is 5.91. The van der Waals surface area contributed by atoms with Crippen LogP contribution in [-0.2, 0) is 0 Å². The van der Waals surface area contributed by atoms with Gasteiger partial charge in [0.2, 0.25) is 5.76 Å². The first-order chi connectivity index (χ1) is 12.1. The largest absolute Gasteiger partial charge is 0.493 e. The molecule has 0 saturated heterocycles. The van der Waals surface area contributed by atoms with Crippen molar-refractivity contribution in [2.24, 2.45) is 0 Å². The van der Waals surface area contributed by atoms with Crippen LogP contribution in [0.25, 0.3) is 0 Å². The molecule has 0 aliphatic heterocycles. The van der Waals surface area contributed by atoms with Crippen molar-refractivity contribution >= 4 is 5.91 Å². The molecule has 1 fully saturated rings. The molecular weight excluding hydrogens is 320 g/mol. The number of aryl methyl sites for hydroxylation is 1. The Labute approximate surface area is 147 Å². The summed E-state index contributed by atoms with van der Waals surface area (Å²) >= 11 is 0. The minimum Gasteiger partial charge on any atom is -0.493 e. The van der Waals surface area contributed by atoms with Crippen LogP contribution in [0.15, 0.2) is 28.8 Å². The van der Waals surface area contributed by atoms with E-state index < -0.39 is 0 Å². The summed E-state index contributed by atoms with van der Waals surface area (Å²) < 4.78 is 16.5. The van der Waals surface area contributed by atoms with Gasteiger partial charge in [-0.05, 0) is 57.2 Å². The average molecular weight is 344 g/mol. The van der Waals surface area contributed by atoms with Gasteiger partial charge in [0.25, 0.3) is 5.91 Å². The Morgan fingerprint density at radius 1 is 1.28 bits per heavy atom. The van der Waals surface area contributed by atoms with Crippen LogP contribution in [0.4, 0.5) is 0 Å². The summed E-state index contributed by atoms with van der Waals surface area (Å²) in [6, 6.07) is 7.17. The van der Waals surface area contributed by atoms with Gasteiger partial charge in [0.1, 0.15) is 0 Å². The molecule has 1 amide bonds. The van der Waals surface area contributed by atoms with E-state index in [1.54, 1.807) is 20.1 Å². The molecule has 1 N–H and O–H groups in total. The lowest BCUT2D eigenvalue weighted by atomic mass is 10.1. The Morgan fingerprint density at radius 2 is 2.04 bits per heavy atom. The van der Waals surface area contributed by atoms with Gasteiger partial charge in [0.05, 0.1) is 24.9 Å². The van der Waals surface area contributed by atoms with Gasteiger partial charge in [0.15, 0.2) is 11.5 Å². The number of methoxy groups -OCH3 is 1. The SMILES string of the molecule is COc1cc(C(C)NC(=O)c2cc(C)no2)ccc1OC1CCCC1. The lowest BCUT2D eigenvalue weighted by Gasteiger charge is -2.19.